The maximum absolute atomic E-state index is 13.6. The third-order valence-electron chi connectivity index (χ3n) is 5.75. The van der Waals surface area contributed by atoms with Crippen LogP contribution in [0.2, 0.25) is 0 Å². The van der Waals surface area contributed by atoms with Gasteiger partial charge in [0.15, 0.2) is 17.3 Å². The number of halogens is 2. The Balaban J connectivity index is 1.70. The summed E-state index contributed by atoms with van der Waals surface area (Å²) in [6, 6.07) is 16.1. The van der Waals surface area contributed by atoms with E-state index in [1.165, 1.54) is 4.68 Å². The van der Waals surface area contributed by atoms with Crippen molar-refractivity contribution in [2.75, 3.05) is 20.8 Å². The Morgan fingerprint density at radius 1 is 1.03 bits per heavy atom. The van der Waals surface area contributed by atoms with Crippen molar-refractivity contribution in [2.45, 2.75) is 0 Å². The third-order valence-corrected chi connectivity index (χ3v) is 7.89. The smallest absolute Gasteiger partial charge is 0.282 e. The number of aromatic nitrogens is 2. The molecule has 8 nitrogen and oxygen atoms in total. The summed E-state index contributed by atoms with van der Waals surface area (Å²) < 4.78 is 25.3. The minimum absolute atomic E-state index is 0.247. The maximum atomic E-state index is 13.6. The minimum Gasteiger partial charge on any atom is -0.496 e. The van der Waals surface area contributed by atoms with E-state index in [0.717, 1.165) is 5.39 Å². The van der Waals surface area contributed by atoms with Crippen molar-refractivity contribution in [1.29, 1.82) is 0 Å². The predicted molar refractivity (Wildman–Crippen MR) is 155 cm³/mol. The van der Waals surface area contributed by atoms with Gasteiger partial charge in [0, 0.05) is 10.0 Å². The van der Waals surface area contributed by atoms with Crippen LogP contribution in [-0.2, 0) is 0 Å². The fourth-order valence-corrected chi connectivity index (χ4v) is 4.90. The van der Waals surface area contributed by atoms with Gasteiger partial charge in [0.1, 0.15) is 17.9 Å². The lowest BCUT2D eigenvalue weighted by atomic mass is 10.2. The highest BCUT2D eigenvalue weighted by Crippen LogP contribution is 2.42. The first-order valence-electron chi connectivity index (χ1n) is 11.4. The summed E-state index contributed by atoms with van der Waals surface area (Å²) in [5.74, 6) is 2.26. The first-order chi connectivity index (χ1) is 18.5. The molecule has 0 amide bonds. The van der Waals surface area contributed by atoms with Gasteiger partial charge in [-0.1, -0.05) is 30.9 Å². The number of nitrogens with zero attached hydrogens (tertiary/aromatic N) is 3. The number of furan rings is 1. The van der Waals surface area contributed by atoms with Crippen LogP contribution in [0.25, 0.3) is 33.5 Å². The first kappa shape index (κ1) is 25.7. The molecule has 3 aromatic carbocycles. The molecule has 0 atom stereocenters. The molecule has 2 aromatic heterocycles. The molecule has 0 aliphatic rings. The van der Waals surface area contributed by atoms with Crippen molar-refractivity contribution < 1.29 is 18.6 Å². The van der Waals surface area contributed by atoms with Crippen LogP contribution in [-0.4, -0.2) is 36.7 Å². The standard InChI is InChI=1S/C28H21Br2N3O5/c1-4-12-37-26-22(36-3)13-16(24(29)25(26)30)15-31-33-27(32-19-9-6-5-8-17(19)28(33)34)23-14-18-20(35-2)10-7-11-21(18)38-23/h4-11,13-15H,1,12H2,2-3H3. The molecule has 0 aliphatic heterocycles. The number of methoxy groups -OCH3 is 2. The Labute approximate surface area is 234 Å². The van der Waals surface area contributed by atoms with E-state index in [1.54, 1.807) is 56.8 Å². The van der Waals surface area contributed by atoms with Crippen LogP contribution in [0.4, 0.5) is 0 Å². The second-order valence-corrected chi connectivity index (χ2v) is 9.61. The van der Waals surface area contributed by atoms with Gasteiger partial charge in [-0.25, -0.2) is 4.98 Å². The molecule has 0 bridgehead atoms. The number of rotatable bonds is 8. The molecule has 38 heavy (non-hydrogen) atoms. The average Bonchev–Trinajstić information content (AvgIpc) is 3.38. The van der Waals surface area contributed by atoms with Crippen molar-refractivity contribution in [3.05, 3.63) is 92.1 Å². The van der Waals surface area contributed by atoms with E-state index in [4.69, 9.17) is 23.6 Å². The number of hydrogen-bond donors (Lipinski definition) is 0. The van der Waals surface area contributed by atoms with Crippen LogP contribution in [0.5, 0.6) is 17.2 Å². The summed E-state index contributed by atoms with van der Waals surface area (Å²) in [6.45, 7) is 3.99. The Morgan fingerprint density at radius 2 is 1.82 bits per heavy atom. The number of benzene rings is 3. The maximum Gasteiger partial charge on any atom is 0.282 e. The molecule has 0 unspecified atom stereocenters. The van der Waals surface area contributed by atoms with E-state index < -0.39 is 0 Å². The number of hydrogen-bond acceptors (Lipinski definition) is 7. The van der Waals surface area contributed by atoms with Gasteiger partial charge in [0.25, 0.3) is 5.56 Å². The zero-order chi connectivity index (χ0) is 26.8. The van der Waals surface area contributed by atoms with Crippen LogP contribution < -0.4 is 19.8 Å². The summed E-state index contributed by atoms with van der Waals surface area (Å²) in [4.78, 5) is 18.3. The molecule has 0 spiro atoms. The molecule has 0 saturated carbocycles. The van der Waals surface area contributed by atoms with Gasteiger partial charge in [0.05, 0.1) is 41.2 Å². The van der Waals surface area contributed by atoms with E-state index in [2.05, 4.69) is 43.5 Å². The molecule has 0 N–H and O–H groups in total. The SMILES string of the molecule is C=CCOc1c(OC)cc(C=Nn2c(-c3cc4c(OC)cccc4o3)nc3ccccc3c2=O)c(Br)c1Br. The highest BCUT2D eigenvalue weighted by molar-refractivity contribution is 9.13. The average molecular weight is 639 g/mol. The molecule has 10 heteroatoms. The first-order valence-corrected chi connectivity index (χ1v) is 13.0. The Bertz CT molecular complexity index is 1770. The van der Waals surface area contributed by atoms with Gasteiger partial charge in [-0.15, -0.1) is 0 Å². The fraction of sp³-hybridized carbons (Fsp3) is 0.107. The quantitative estimate of drug-likeness (QED) is 0.137. The van der Waals surface area contributed by atoms with E-state index in [1.807, 2.05) is 24.3 Å². The van der Waals surface area contributed by atoms with E-state index in [-0.39, 0.29) is 11.4 Å². The molecule has 5 rings (SSSR count). The molecule has 5 aromatic rings. The van der Waals surface area contributed by atoms with Gasteiger partial charge in [-0.2, -0.15) is 9.78 Å². The molecular formula is C28H21Br2N3O5. The Morgan fingerprint density at radius 3 is 2.58 bits per heavy atom. The van der Waals surface area contributed by atoms with Gasteiger partial charge < -0.3 is 18.6 Å². The zero-order valence-corrected chi connectivity index (χ0v) is 23.6. The third kappa shape index (κ3) is 4.61. The van der Waals surface area contributed by atoms with Crippen LogP contribution in [0, 0.1) is 0 Å². The van der Waals surface area contributed by atoms with Crippen molar-refractivity contribution >= 4 is 59.9 Å². The molecule has 2 heterocycles. The van der Waals surface area contributed by atoms with Crippen molar-refractivity contribution in [3.8, 4) is 28.8 Å². The van der Waals surface area contributed by atoms with Crippen molar-refractivity contribution in [1.82, 2.24) is 9.66 Å². The lowest BCUT2D eigenvalue weighted by Crippen LogP contribution is -2.20. The van der Waals surface area contributed by atoms with E-state index >= 15 is 0 Å². The Hall–Kier alpha value is -3.89. The molecule has 192 valence electrons. The normalized spacial score (nSPS) is 11.4. The van der Waals surface area contributed by atoms with Gasteiger partial charge >= 0.3 is 0 Å². The topological polar surface area (TPSA) is 88.1 Å². The summed E-state index contributed by atoms with van der Waals surface area (Å²) in [6.07, 6.45) is 3.18. The second kappa shape index (κ2) is 10.8. The van der Waals surface area contributed by atoms with Crippen LogP contribution in [0.15, 0.2) is 90.5 Å². The van der Waals surface area contributed by atoms with Gasteiger partial charge in [0.2, 0.25) is 5.82 Å². The van der Waals surface area contributed by atoms with Gasteiger partial charge in [-0.3, -0.25) is 4.79 Å². The van der Waals surface area contributed by atoms with E-state index in [9.17, 15) is 4.79 Å². The van der Waals surface area contributed by atoms with Crippen molar-refractivity contribution in [2.24, 2.45) is 5.10 Å². The van der Waals surface area contributed by atoms with Crippen LogP contribution in [0.3, 0.4) is 0 Å². The molecule has 0 radical (unpaired) electrons. The second-order valence-electron chi connectivity index (χ2n) is 8.02. The van der Waals surface area contributed by atoms with Crippen LogP contribution >= 0.6 is 31.9 Å². The van der Waals surface area contributed by atoms with Crippen LogP contribution in [0.1, 0.15) is 5.56 Å². The van der Waals surface area contributed by atoms with Gasteiger partial charge in [-0.05, 0) is 68.3 Å². The molecule has 0 saturated heterocycles. The number of para-hydroxylation sites is 1. The monoisotopic (exact) mass is 637 g/mol. The highest BCUT2D eigenvalue weighted by atomic mass is 79.9. The predicted octanol–water partition coefficient (Wildman–Crippen LogP) is 6.80. The largest absolute Gasteiger partial charge is 0.496 e. The summed E-state index contributed by atoms with van der Waals surface area (Å²) in [5.41, 5.74) is 1.42. The fourth-order valence-electron chi connectivity index (χ4n) is 3.96. The minimum atomic E-state index is -0.345. The van der Waals surface area contributed by atoms with Crippen molar-refractivity contribution in [3.63, 3.8) is 0 Å². The Kier molecular flexibility index (Phi) is 7.35. The molecule has 0 aliphatic carbocycles. The summed E-state index contributed by atoms with van der Waals surface area (Å²) >= 11 is 7.14. The summed E-state index contributed by atoms with van der Waals surface area (Å²) in [5, 5.41) is 5.73. The number of ether oxygens (including phenoxy) is 3. The zero-order valence-electron chi connectivity index (χ0n) is 20.4. The highest BCUT2D eigenvalue weighted by Gasteiger charge is 2.19. The number of fused-ring (bicyclic) bond motifs is 2. The van der Waals surface area contributed by atoms with E-state index in [0.29, 0.717) is 60.6 Å². The molecule has 0 fully saturated rings. The summed E-state index contributed by atoms with van der Waals surface area (Å²) in [7, 11) is 3.14. The lowest BCUT2D eigenvalue weighted by molar-refractivity contribution is 0.324. The lowest BCUT2D eigenvalue weighted by Gasteiger charge is -2.14. The molecular weight excluding hydrogens is 618 g/mol.